The molecule has 0 radical (unpaired) electrons. The number of hydrogen-bond acceptors (Lipinski definition) is 4. The molecule has 0 atom stereocenters. The summed E-state index contributed by atoms with van der Waals surface area (Å²) in [5, 5.41) is 10.5. The van der Waals surface area contributed by atoms with Gasteiger partial charge in [-0.15, -0.1) is 0 Å². The molecule has 0 saturated heterocycles. The Hall–Kier alpha value is -3.81. The molecule has 28 heavy (non-hydrogen) atoms. The third kappa shape index (κ3) is 3.80. The molecule has 0 aliphatic rings. The lowest BCUT2D eigenvalue weighted by Gasteiger charge is -2.03. The van der Waals surface area contributed by atoms with Gasteiger partial charge in [-0.25, -0.2) is 8.78 Å². The summed E-state index contributed by atoms with van der Waals surface area (Å²) in [5.74, 6) is -0.553. The molecular weight excluding hydrogens is 366 g/mol. The molecule has 1 amide bonds. The molecule has 0 unspecified atom stereocenters. The molecule has 2 aromatic heterocycles. The van der Waals surface area contributed by atoms with Gasteiger partial charge in [-0.3, -0.25) is 9.48 Å². The number of nitrogens with one attached hydrogen (secondary N) is 1. The maximum Gasteiger partial charge on any atom is 0.279 e. The number of rotatable bonds is 5. The molecule has 1 N–H and O–H groups in total. The summed E-state index contributed by atoms with van der Waals surface area (Å²) < 4.78 is 33.4. The summed E-state index contributed by atoms with van der Waals surface area (Å²) in [4.78, 5) is 12.3. The van der Waals surface area contributed by atoms with E-state index < -0.39 is 5.91 Å². The van der Waals surface area contributed by atoms with E-state index in [1.165, 1.54) is 41.1 Å². The maximum absolute atomic E-state index is 13.7. The minimum Gasteiger partial charge on any atom is -0.355 e. The highest BCUT2D eigenvalue weighted by Gasteiger charge is 2.15. The van der Waals surface area contributed by atoms with Gasteiger partial charge in [0.1, 0.15) is 11.6 Å². The number of nitrogens with zero attached hydrogens (tertiary/aromatic N) is 3. The molecule has 2 heterocycles. The molecule has 0 aliphatic carbocycles. The van der Waals surface area contributed by atoms with Crippen molar-refractivity contribution in [2.75, 3.05) is 5.32 Å². The van der Waals surface area contributed by atoms with Crippen LogP contribution in [0.1, 0.15) is 16.1 Å². The molecule has 0 fully saturated rings. The van der Waals surface area contributed by atoms with Crippen LogP contribution in [0, 0.1) is 11.6 Å². The van der Waals surface area contributed by atoms with Crippen molar-refractivity contribution in [3.05, 3.63) is 89.8 Å². The van der Waals surface area contributed by atoms with Crippen LogP contribution in [0.2, 0.25) is 0 Å². The van der Waals surface area contributed by atoms with Crippen LogP contribution in [0.15, 0.2) is 71.4 Å². The van der Waals surface area contributed by atoms with E-state index in [1.807, 2.05) is 0 Å². The summed E-state index contributed by atoms with van der Waals surface area (Å²) in [6.45, 7) is 0.237. The topological polar surface area (TPSA) is 73.0 Å². The number of benzene rings is 2. The van der Waals surface area contributed by atoms with Crippen LogP contribution in [0.4, 0.5) is 14.6 Å². The number of aromatic nitrogens is 3. The summed E-state index contributed by atoms with van der Waals surface area (Å²) in [6, 6.07) is 15.1. The fraction of sp³-hybridized carbons (Fsp3) is 0.0500. The smallest absolute Gasteiger partial charge is 0.279 e. The van der Waals surface area contributed by atoms with Gasteiger partial charge in [0.15, 0.2) is 17.3 Å². The highest BCUT2D eigenvalue weighted by molar-refractivity contribution is 6.02. The second-order valence-electron chi connectivity index (χ2n) is 6.03. The van der Waals surface area contributed by atoms with E-state index in [9.17, 15) is 13.6 Å². The Bertz CT molecular complexity index is 1120. The predicted octanol–water partition coefficient (Wildman–Crippen LogP) is 4.12. The molecule has 4 aromatic rings. The molecule has 6 nitrogen and oxygen atoms in total. The molecule has 8 heteroatoms. The van der Waals surface area contributed by atoms with Gasteiger partial charge in [-0.1, -0.05) is 23.4 Å². The van der Waals surface area contributed by atoms with Crippen molar-refractivity contribution in [2.24, 2.45) is 0 Å². The Morgan fingerprint density at radius 3 is 2.64 bits per heavy atom. The van der Waals surface area contributed by atoms with Gasteiger partial charge in [-0.05, 0) is 30.3 Å². The zero-order valence-electron chi connectivity index (χ0n) is 14.5. The standard InChI is InChI=1S/C20H14F2N4O2/c21-15-7-5-13(6-8-15)18-11-17(25-28-18)20(27)23-19-9-10-26(24-19)12-14-3-1-2-4-16(14)22/h1-11H,12H2,(H,23,24,27). The highest BCUT2D eigenvalue weighted by atomic mass is 19.1. The Balaban J connectivity index is 1.44. The van der Waals surface area contributed by atoms with Crippen LogP contribution in [0.5, 0.6) is 0 Å². The average Bonchev–Trinajstić information content (AvgIpc) is 3.34. The van der Waals surface area contributed by atoms with Crippen LogP contribution < -0.4 is 5.32 Å². The number of halogens is 2. The molecular formula is C20H14F2N4O2. The fourth-order valence-corrected chi connectivity index (χ4v) is 2.63. The van der Waals surface area contributed by atoms with Gasteiger partial charge >= 0.3 is 0 Å². The third-order valence-corrected chi connectivity index (χ3v) is 4.04. The number of anilines is 1. The first kappa shape index (κ1) is 17.6. The molecule has 140 valence electrons. The predicted molar refractivity (Wildman–Crippen MR) is 97.6 cm³/mol. The Kier molecular flexibility index (Phi) is 4.67. The second kappa shape index (κ2) is 7.43. The minimum absolute atomic E-state index is 0.0583. The van der Waals surface area contributed by atoms with E-state index in [4.69, 9.17) is 4.52 Å². The fourth-order valence-electron chi connectivity index (χ4n) is 2.63. The summed E-state index contributed by atoms with van der Waals surface area (Å²) in [7, 11) is 0. The second-order valence-corrected chi connectivity index (χ2v) is 6.03. The Labute approximate surface area is 158 Å². The van der Waals surface area contributed by atoms with Crippen molar-refractivity contribution in [1.29, 1.82) is 0 Å². The van der Waals surface area contributed by atoms with Crippen molar-refractivity contribution in [2.45, 2.75) is 6.54 Å². The summed E-state index contributed by atoms with van der Waals surface area (Å²) in [5.41, 5.74) is 1.15. The lowest BCUT2D eigenvalue weighted by atomic mass is 10.1. The van der Waals surface area contributed by atoms with Gasteiger partial charge in [-0.2, -0.15) is 5.10 Å². The van der Waals surface area contributed by atoms with Crippen LogP contribution in [-0.2, 0) is 6.54 Å². The Morgan fingerprint density at radius 1 is 1.07 bits per heavy atom. The molecule has 2 aromatic carbocycles. The maximum atomic E-state index is 13.7. The quantitative estimate of drug-likeness (QED) is 0.565. The van der Waals surface area contributed by atoms with Crippen molar-refractivity contribution >= 4 is 11.7 Å². The third-order valence-electron chi connectivity index (χ3n) is 4.04. The highest BCUT2D eigenvalue weighted by Crippen LogP contribution is 2.21. The first-order valence-electron chi connectivity index (χ1n) is 8.39. The molecule has 0 saturated carbocycles. The van der Waals surface area contributed by atoms with Crippen LogP contribution in [0.3, 0.4) is 0 Å². The van der Waals surface area contributed by atoms with Crippen molar-refractivity contribution in [1.82, 2.24) is 14.9 Å². The van der Waals surface area contributed by atoms with E-state index >= 15 is 0 Å². The SMILES string of the molecule is O=C(Nc1ccn(Cc2ccccc2F)n1)c1cc(-c2ccc(F)cc2)on1. The van der Waals surface area contributed by atoms with Crippen LogP contribution in [0.25, 0.3) is 11.3 Å². The number of carbonyl (C=O) groups is 1. The van der Waals surface area contributed by atoms with Crippen molar-refractivity contribution in [3.63, 3.8) is 0 Å². The van der Waals surface area contributed by atoms with Crippen LogP contribution in [-0.4, -0.2) is 20.8 Å². The zero-order valence-corrected chi connectivity index (χ0v) is 14.5. The van der Waals surface area contributed by atoms with E-state index in [2.05, 4.69) is 15.6 Å². The number of hydrogen-bond donors (Lipinski definition) is 1. The molecule has 0 aliphatic heterocycles. The van der Waals surface area contributed by atoms with Crippen LogP contribution >= 0.6 is 0 Å². The van der Waals surface area contributed by atoms with E-state index in [-0.39, 0.29) is 23.9 Å². The zero-order chi connectivity index (χ0) is 19.5. The van der Waals surface area contributed by atoms with E-state index in [0.717, 1.165) is 0 Å². The number of amides is 1. The normalized spacial score (nSPS) is 10.8. The lowest BCUT2D eigenvalue weighted by molar-refractivity contribution is 0.101. The summed E-state index contributed by atoms with van der Waals surface area (Å²) >= 11 is 0. The van der Waals surface area contributed by atoms with Gasteiger partial charge in [0.25, 0.3) is 5.91 Å². The largest absolute Gasteiger partial charge is 0.355 e. The van der Waals surface area contributed by atoms with Gasteiger partial charge in [0.05, 0.1) is 6.54 Å². The summed E-state index contributed by atoms with van der Waals surface area (Å²) in [6.07, 6.45) is 1.63. The van der Waals surface area contributed by atoms with E-state index in [0.29, 0.717) is 22.7 Å². The lowest BCUT2D eigenvalue weighted by Crippen LogP contribution is -2.13. The molecule has 0 bridgehead atoms. The average molecular weight is 380 g/mol. The Morgan fingerprint density at radius 2 is 1.86 bits per heavy atom. The van der Waals surface area contributed by atoms with E-state index in [1.54, 1.807) is 30.5 Å². The monoisotopic (exact) mass is 380 g/mol. The van der Waals surface area contributed by atoms with Crippen molar-refractivity contribution < 1.29 is 18.1 Å². The molecule has 4 rings (SSSR count). The van der Waals surface area contributed by atoms with Crippen molar-refractivity contribution in [3.8, 4) is 11.3 Å². The first-order valence-corrected chi connectivity index (χ1v) is 8.39. The first-order chi connectivity index (χ1) is 13.6. The van der Waals surface area contributed by atoms with Gasteiger partial charge in [0, 0.05) is 29.5 Å². The number of carbonyl (C=O) groups excluding carboxylic acids is 1. The molecule has 0 spiro atoms. The minimum atomic E-state index is -0.506. The van der Waals surface area contributed by atoms with Gasteiger partial charge < -0.3 is 9.84 Å². The van der Waals surface area contributed by atoms with Gasteiger partial charge in [0.2, 0.25) is 0 Å².